The van der Waals surface area contributed by atoms with E-state index in [1.807, 2.05) is 31.2 Å². The van der Waals surface area contributed by atoms with E-state index in [0.717, 1.165) is 36.8 Å². The maximum absolute atomic E-state index is 12.2. The molecule has 1 aliphatic rings. The Morgan fingerprint density at radius 3 is 2.60 bits per heavy atom. The van der Waals surface area contributed by atoms with Crippen LogP contribution in [-0.4, -0.2) is 18.1 Å². The first-order valence-corrected chi connectivity index (χ1v) is 7.37. The maximum atomic E-state index is 12.2. The van der Waals surface area contributed by atoms with Crippen molar-refractivity contribution in [2.75, 3.05) is 6.61 Å². The Morgan fingerprint density at radius 1 is 1.30 bits per heavy atom. The smallest absolute Gasteiger partial charge is 0.240 e. The molecule has 1 aliphatic carbocycles. The number of hydrogen-bond acceptors (Lipinski definition) is 3. The average molecular weight is 276 g/mol. The van der Waals surface area contributed by atoms with Crippen LogP contribution in [0.25, 0.3) is 0 Å². The van der Waals surface area contributed by atoms with Gasteiger partial charge in [0.15, 0.2) is 0 Å². The quantitative estimate of drug-likeness (QED) is 0.836. The molecular formula is C16H24N2O2. The molecule has 1 amide bonds. The number of rotatable bonds is 6. The largest absolute Gasteiger partial charge is 0.377 e. The maximum Gasteiger partial charge on any atom is 0.240 e. The fourth-order valence-corrected chi connectivity index (χ4v) is 2.67. The molecule has 3 N–H and O–H groups in total. The second-order valence-corrected chi connectivity index (χ2v) is 5.45. The molecule has 1 aromatic carbocycles. The zero-order valence-corrected chi connectivity index (χ0v) is 12.2. The molecule has 4 heteroatoms. The highest BCUT2D eigenvalue weighted by molar-refractivity contribution is 5.86. The van der Waals surface area contributed by atoms with Crippen molar-refractivity contribution in [2.24, 2.45) is 5.73 Å². The Labute approximate surface area is 120 Å². The number of nitrogens with two attached hydrogens (primary N) is 1. The van der Waals surface area contributed by atoms with Crippen molar-refractivity contribution in [1.29, 1.82) is 0 Å². The van der Waals surface area contributed by atoms with Crippen LogP contribution >= 0.6 is 0 Å². The number of nitrogens with one attached hydrogen (secondary N) is 1. The summed E-state index contributed by atoms with van der Waals surface area (Å²) in [5, 5.41) is 2.98. The van der Waals surface area contributed by atoms with Crippen molar-refractivity contribution in [2.45, 2.75) is 51.3 Å². The molecule has 0 heterocycles. The Morgan fingerprint density at radius 2 is 1.95 bits per heavy atom. The van der Waals surface area contributed by atoms with Gasteiger partial charge in [-0.15, -0.1) is 0 Å². The SMILES string of the molecule is CCOCc1ccccc1CNC(=O)C1(N)CCCC1. The van der Waals surface area contributed by atoms with Crippen molar-refractivity contribution in [1.82, 2.24) is 5.32 Å². The molecule has 2 rings (SSSR count). The number of hydrogen-bond donors (Lipinski definition) is 2. The Bertz CT molecular complexity index is 454. The molecule has 110 valence electrons. The summed E-state index contributed by atoms with van der Waals surface area (Å²) in [6.07, 6.45) is 3.68. The highest BCUT2D eigenvalue weighted by Gasteiger charge is 2.36. The number of amides is 1. The predicted molar refractivity (Wildman–Crippen MR) is 79.0 cm³/mol. The first-order chi connectivity index (χ1) is 9.65. The lowest BCUT2D eigenvalue weighted by Crippen LogP contribution is -2.51. The van der Waals surface area contributed by atoms with Crippen molar-refractivity contribution in [3.63, 3.8) is 0 Å². The summed E-state index contributed by atoms with van der Waals surface area (Å²) in [7, 11) is 0. The van der Waals surface area contributed by atoms with Crippen LogP contribution in [-0.2, 0) is 22.7 Å². The summed E-state index contributed by atoms with van der Waals surface area (Å²) in [6.45, 7) is 3.76. The fourth-order valence-electron chi connectivity index (χ4n) is 2.67. The molecular weight excluding hydrogens is 252 g/mol. The Kier molecular flexibility index (Phi) is 5.15. The first-order valence-electron chi connectivity index (χ1n) is 7.37. The van der Waals surface area contributed by atoms with Gasteiger partial charge in [-0.3, -0.25) is 4.79 Å². The molecule has 0 aromatic heterocycles. The molecule has 1 aromatic rings. The van der Waals surface area contributed by atoms with Crippen LogP contribution < -0.4 is 11.1 Å². The summed E-state index contributed by atoms with van der Waals surface area (Å²) in [5.41, 5.74) is 7.70. The van der Waals surface area contributed by atoms with Gasteiger partial charge in [-0.05, 0) is 30.9 Å². The van der Waals surface area contributed by atoms with Crippen LogP contribution in [0.15, 0.2) is 24.3 Å². The van der Waals surface area contributed by atoms with E-state index in [0.29, 0.717) is 19.8 Å². The number of ether oxygens (including phenoxy) is 1. The molecule has 0 aliphatic heterocycles. The third-order valence-electron chi connectivity index (χ3n) is 3.97. The molecule has 1 saturated carbocycles. The lowest BCUT2D eigenvalue weighted by atomic mass is 9.98. The van der Waals surface area contributed by atoms with Gasteiger partial charge >= 0.3 is 0 Å². The molecule has 1 fully saturated rings. The van der Waals surface area contributed by atoms with E-state index in [-0.39, 0.29) is 5.91 Å². The van der Waals surface area contributed by atoms with Crippen molar-refractivity contribution in [3.8, 4) is 0 Å². The lowest BCUT2D eigenvalue weighted by Gasteiger charge is -2.22. The van der Waals surface area contributed by atoms with Crippen LogP contribution in [0.3, 0.4) is 0 Å². The predicted octanol–water partition coefficient (Wildman–Crippen LogP) is 2.11. The summed E-state index contributed by atoms with van der Waals surface area (Å²) in [5.74, 6) is -0.0267. The van der Waals surface area contributed by atoms with Crippen LogP contribution in [0.4, 0.5) is 0 Å². The molecule has 20 heavy (non-hydrogen) atoms. The normalized spacial score (nSPS) is 17.1. The fraction of sp³-hybridized carbons (Fsp3) is 0.562. The first kappa shape index (κ1) is 15.0. The Balaban J connectivity index is 1.95. The minimum Gasteiger partial charge on any atom is -0.377 e. The highest BCUT2D eigenvalue weighted by atomic mass is 16.5. The molecule has 0 bridgehead atoms. The van der Waals surface area contributed by atoms with E-state index in [1.54, 1.807) is 0 Å². The van der Waals surface area contributed by atoms with Crippen molar-refractivity contribution < 1.29 is 9.53 Å². The molecule has 0 unspecified atom stereocenters. The standard InChI is InChI=1S/C16H24N2O2/c1-2-20-12-14-8-4-3-7-13(14)11-18-15(19)16(17)9-5-6-10-16/h3-4,7-8H,2,5-6,9-12,17H2,1H3,(H,18,19). The molecule has 0 saturated heterocycles. The molecule has 0 radical (unpaired) electrons. The monoisotopic (exact) mass is 276 g/mol. The van der Waals surface area contributed by atoms with Gasteiger partial charge in [-0.25, -0.2) is 0 Å². The van der Waals surface area contributed by atoms with Gasteiger partial charge in [0, 0.05) is 13.2 Å². The van der Waals surface area contributed by atoms with E-state index < -0.39 is 5.54 Å². The second kappa shape index (κ2) is 6.86. The van der Waals surface area contributed by atoms with Crippen LogP contribution in [0, 0.1) is 0 Å². The molecule has 0 atom stereocenters. The number of benzene rings is 1. The van der Waals surface area contributed by atoms with Crippen molar-refractivity contribution >= 4 is 5.91 Å². The van der Waals surface area contributed by atoms with Crippen LogP contribution in [0.5, 0.6) is 0 Å². The number of carbonyl (C=O) groups is 1. The third kappa shape index (κ3) is 3.58. The summed E-state index contributed by atoms with van der Waals surface area (Å²) in [4.78, 5) is 12.2. The molecule has 0 spiro atoms. The van der Waals surface area contributed by atoms with E-state index in [1.165, 1.54) is 0 Å². The van der Waals surface area contributed by atoms with Crippen LogP contribution in [0.2, 0.25) is 0 Å². The lowest BCUT2D eigenvalue weighted by molar-refractivity contribution is -0.126. The summed E-state index contributed by atoms with van der Waals surface area (Å²) >= 11 is 0. The van der Waals surface area contributed by atoms with E-state index in [4.69, 9.17) is 10.5 Å². The van der Waals surface area contributed by atoms with E-state index in [9.17, 15) is 4.79 Å². The number of carbonyl (C=O) groups excluding carboxylic acids is 1. The minimum absolute atomic E-state index is 0.0267. The van der Waals surface area contributed by atoms with Crippen molar-refractivity contribution in [3.05, 3.63) is 35.4 Å². The summed E-state index contributed by atoms with van der Waals surface area (Å²) in [6, 6.07) is 8.02. The highest BCUT2D eigenvalue weighted by Crippen LogP contribution is 2.27. The van der Waals surface area contributed by atoms with E-state index >= 15 is 0 Å². The van der Waals surface area contributed by atoms with Gasteiger partial charge < -0.3 is 15.8 Å². The average Bonchev–Trinajstić information content (AvgIpc) is 2.91. The zero-order chi connectivity index (χ0) is 14.4. The van der Waals surface area contributed by atoms with Gasteiger partial charge in [0.05, 0.1) is 12.1 Å². The van der Waals surface area contributed by atoms with Gasteiger partial charge in [0.25, 0.3) is 0 Å². The van der Waals surface area contributed by atoms with Gasteiger partial charge in [0.2, 0.25) is 5.91 Å². The van der Waals surface area contributed by atoms with Gasteiger partial charge in [-0.1, -0.05) is 37.1 Å². The van der Waals surface area contributed by atoms with Crippen LogP contribution in [0.1, 0.15) is 43.7 Å². The Hall–Kier alpha value is -1.39. The summed E-state index contributed by atoms with van der Waals surface area (Å²) < 4.78 is 5.45. The second-order valence-electron chi connectivity index (χ2n) is 5.45. The zero-order valence-electron chi connectivity index (χ0n) is 12.2. The topological polar surface area (TPSA) is 64.3 Å². The third-order valence-corrected chi connectivity index (χ3v) is 3.97. The molecule has 4 nitrogen and oxygen atoms in total. The minimum atomic E-state index is -0.658. The van der Waals surface area contributed by atoms with E-state index in [2.05, 4.69) is 5.32 Å². The van der Waals surface area contributed by atoms with Gasteiger partial charge in [0.1, 0.15) is 0 Å². The van der Waals surface area contributed by atoms with Gasteiger partial charge in [-0.2, -0.15) is 0 Å².